The molecule has 0 bridgehead atoms. The van der Waals surface area contributed by atoms with Crippen LogP contribution in [0.2, 0.25) is 0 Å². The number of carbonyl (C=O) groups is 4. The van der Waals surface area contributed by atoms with E-state index in [0.717, 1.165) is 6.20 Å². The summed E-state index contributed by atoms with van der Waals surface area (Å²) in [4.78, 5) is 51.8. The number of nitrogens with zero attached hydrogens (tertiary/aromatic N) is 1. The van der Waals surface area contributed by atoms with Crippen LogP contribution in [0.3, 0.4) is 0 Å². The first-order valence-electron chi connectivity index (χ1n) is 11.6. The predicted molar refractivity (Wildman–Crippen MR) is 132 cm³/mol. The van der Waals surface area contributed by atoms with Gasteiger partial charge >= 0.3 is 5.97 Å². The largest absolute Gasteiger partial charge is 0.464 e. The second-order valence-corrected chi connectivity index (χ2v) is 9.28. The van der Waals surface area contributed by atoms with E-state index in [0.29, 0.717) is 32.6 Å². The Balaban J connectivity index is 1.92. The van der Waals surface area contributed by atoms with Gasteiger partial charge in [0.05, 0.1) is 17.1 Å². The zero-order valence-corrected chi connectivity index (χ0v) is 21.4. The molecule has 0 spiro atoms. The van der Waals surface area contributed by atoms with E-state index >= 15 is 0 Å². The second-order valence-electron chi connectivity index (χ2n) is 7.60. The number of carbonyl (C=O) groups excluding carboxylic acids is 4. The van der Waals surface area contributed by atoms with Crippen LogP contribution in [-0.2, 0) is 24.3 Å². The van der Waals surface area contributed by atoms with Gasteiger partial charge in [0.1, 0.15) is 12.2 Å². The van der Waals surface area contributed by atoms with E-state index in [-0.39, 0.29) is 40.8 Å². The molecule has 37 heavy (non-hydrogen) atoms. The number of benzene rings is 1. The van der Waals surface area contributed by atoms with E-state index in [1.54, 1.807) is 0 Å². The topological polar surface area (TPSA) is 170 Å². The van der Waals surface area contributed by atoms with Crippen molar-refractivity contribution >= 4 is 33.7 Å². The molecule has 12 nitrogen and oxygen atoms in total. The molecule has 3 amide bonds. The summed E-state index contributed by atoms with van der Waals surface area (Å²) in [5.74, 6) is -2.58. The molecule has 0 aliphatic heterocycles. The molecule has 3 N–H and O–H groups in total. The van der Waals surface area contributed by atoms with Crippen LogP contribution < -0.4 is 15.4 Å². The molecule has 2 aromatic rings. The van der Waals surface area contributed by atoms with E-state index in [2.05, 4.69) is 15.6 Å². The van der Waals surface area contributed by atoms with Gasteiger partial charge in [0.15, 0.2) is 0 Å². The maximum Gasteiger partial charge on any atom is 0.325 e. The molecule has 2 rings (SSSR count). The summed E-state index contributed by atoms with van der Waals surface area (Å²) in [7, 11) is -4.24. The normalized spacial score (nSPS) is 10.9. The van der Waals surface area contributed by atoms with Crippen molar-refractivity contribution in [3.05, 3.63) is 59.4 Å². The third-order valence-electron chi connectivity index (χ3n) is 4.73. The summed E-state index contributed by atoms with van der Waals surface area (Å²) in [6.45, 7) is 5.15. The van der Waals surface area contributed by atoms with Gasteiger partial charge in [-0.05, 0) is 56.2 Å². The number of aromatic nitrogens is 1. The smallest absolute Gasteiger partial charge is 0.325 e. The molecule has 200 valence electrons. The summed E-state index contributed by atoms with van der Waals surface area (Å²) in [6.07, 6.45) is 2.33. The number of amides is 3. The Hall–Kier alpha value is -3.84. The molecule has 0 aliphatic rings. The van der Waals surface area contributed by atoms with Gasteiger partial charge in [-0.3, -0.25) is 24.2 Å². The summed E-state index contributed by atoms with van der Waals surface area (Å²) in [6, 6.07) is 7.54. The zero-order valence-electron chi connectivity index (χ0n) is 20.6. The Morgan fingerprint density at radius 1 is 0.865 bits per heavy atom. The number of esters is 1. The van der Waals surface area contributed by atoms with Gasteiger partial charge in [-0.25, -0.2) is 13.1 Å². The van der Waals surface area contributed by atoms with Crippen LogP contribution in [-0.4, -0.2) is 70.0 Å². The lowest BCUT2D eigenvalue weighted by Gasteiger charge is -2.09. The molecule has 0 unspecified atom stereocenters. The fraction of sp³-hybridized carbons (Fsp3) is 0.375. The van der Waals surface area contributed by atoms with Gasteiger partial charge in [0.2, 0.25) is 0 Å². The SMILES string of the molecule is CCCOC(=O)CNC(=O)c1ccc(C(=O)NS(=O)(=O)c2ccc(C(=O)NCCCOCC)cc2)cn1. The molecular formula is C24H30N4O8S. The highest BCUT2D eigenvalue weighted by Crippen LogP contribution is 2.12. The number of ether oxygens (including phenoxy) is 2. The quantitative estimate of drug-likeness (QED) is 0.237. The molecule has 0 fully saturated rings. The van der Waals surface area contributed by atoms with E-state index < -0.39 is 27.8 Å². The lowest BCUT2D eigenvalue weighted by Crippen LogP contribution is -2.32. The fourth-order valence-electron chi connectivity index (χ4n) is 2.82. The Labute approximate surface area is 215 Å². The van der Waals surface area contributed by atoms with E-state index in [1.807, 2.05) is 18.6 Å². The number of sulfonamides is 1. The first-order valence-corrected chi connectivity index (χ1v) is 13.1. The van der Waals surface area contributed by atoms with Crippen molar-refractivity contribution in [2.75, 3.05) is 32.9 Å². The minimum Gasteiger partial charge on any atom is -0.464 e. The summed E-state index contributed by atoms with van der Waals surface area (Å²) >= 11 is 0. The first-order chi connectivity index (χ1) is 17.7. The van der Waals surface area contributed by atoms with Crippen molar-refractivity contribution in [2.45, 2.75) is 31.6 Å². The van der Waals surface area contributed by atoms with Crippen molar-refractivity contribution < 1.29 is 37.1 Å². The molecule has 1 aromatic heterocycles. The first kappa shape index (κ1) is 29.4. The highest BCUT2D eigenvalue weighted by atomic mass is 32.2. The lowest BCUT2D eigenvalue weighted by atomic mass is 10.2. The monoisotopic (exact) mass is 534 g/mol. The number of rotatable bonds is 14. The summed E-state index contributed by atoms with van der Waals surface area (Å²) < 4.78 is 37.1. The highest BCUT2D eigenvalue weighted by molar-refractivity contribution is 7.90. The van der Waals surface area contributed by atoms with E-state index in [1.165, 1.54) is 36.4 Å². The lowest BCUT2D eigenvalue weighted by molar-refractivity contribution is -0.142. The van der Waals surface area contributed by atoms with Gasteiger partial charge in [-0.15, -0.1) is 0 Å². The zero-order chi connectivity index (χ0) is 27.3. The molecule has 0 saturated heterocycles. The van der Waals surface area contributed by atoms with Crippen molar-refractivity contribution in [1.29, 1.82) is 0 Å². The van der Waals surface area contributed by atoms with Gasteiger partial charge in [-0.2, -0.15) is 0 Å². The van der Waals surface area contributed by atoms with Crippen molar-refractivity contribution in [3.8, 4) is 0 Å². The van der Waals surface area contributed by atoms with Crippen LogP contribution in [0.1, 0.15) is 57.9 Å². The number of nitrogens with one attached hydrogen (secondary N) is 3. The average Bonchev–Trinajstić information content (AvgIpc) is 2.90. The van der Waals surface area contributed by atoms with Crippen LogP contribution in [0.5, 0.6) is 0 Å². The third kappa shape index (κ3) is 9.61. The number of hydrogen-bond acceptors (Lipinski definition) is 9. The van der Waals surface area contributed by atoms with Crippen molar-refractivity contribution in [2.24, 2.45) is 0 Å². The molecule has 1 aromatic carbocycles. The predicted octanol–water partition coefficient (Wildman–Crippen LogP) is 1.04. The average molecular weight is 535 g/mol. The Morgan fingerprint density at radius 2 is 1.57 bits per heavy atom. The van der Waals surface area contributed by atoms with Gasteiger partial charge in [-0.1, -0.05) is 6.92 Å². The van der Waals surface area contributed by atoms with Crippen LogP contribution >= 0.6 is 0 Å². The Kier molecular flexibility index (Phi) is 11.6. The van der Waals surface area contributed by atoms with Crippen molar-refractivity contribution in [3.63, 3.8) is 0 Å². The third-order valence-corrected chi connectivity index (χ3v) is 6.07. The summed E-state index contributed by atoms with van der Waals surface area (Å²) in [5.41, 5.74) is 0.0818. The van der Waals surface area contributed by atoms with Gasteiger partial charge in [0.25, 0.3) is 27.7 Å². The Morgan fingerprint density at radius 3 is 2.19 bits per heavy atom. The minimum atomic E-state index is -4.24. The number of pyridine rings is 1. The maximum atomic E-state index is 12.6. The van der Waals surface area contributed by atoms with Crippen LogP contribution in [0.25, 0.3) is 0 Å². The van der Waals surface area contributed by atoms with Crippen LogP contribution in [0, 0.1) is 0 Å². The molecule has 13 heteroatoms. The second kappa shape index (κ2) is 14.7. The van der Waals surface area contributed by atoms with Crippen LogP contribution in [0.15, 0.2) is 47.5 Å². The molecule has 0 radical (unpaired) electrons. The standard InChI is InChI=1S/C24H30N4O8S/c1-3-13-36-21(29)16-27-24(32)20-11-8-18(15-26-20)23(31)28-37(33,34)19-9-6-17(7-10-19)22(30)25-12-5-14-35-4-2/h6-11,15H,3-5,12-14,16H2,1-2H3,(H,25,30)(H,27,32)(H,28,31). The van der Waals surface area contributed by atoms with Crippen LogP contribution in [0.4, 0.5) is 0 Å². The van der Waals surface area contributed by atoms with Gasteiger partial charge < -0.3 is 20.1 Å². The fourth-order valence-corrected chi connectivity index (χ4v) is 3.79. The molecular weight excluding hydrogens is 504 g/mol. The van der Waals surface area contributed by atoms with Crippen molar-refractivity contribution in [1.82, 2.24) is 20.3 Å². The number of hydrogen-bond donors (Lipinski definition) is 3. The Bertz CT molecular complexity index is 1180. The van der Waals surface area contributed by atoms with Gasteiger partial charge in [0, 0.05) is 31.5 Å². The molecule has 1 heterocycles. The van der Waals surface area contributed by atoms with E-state index in [4.69, 9.17) is 9.47 Å². The minimum absolute atomic E-state index is 0.0746. The van der Waals surface area contributed by atoms with E-state index in [9.17, 15) is 27.6 Å². The molecule has 0 atom stereocenters. The highest BCUT2D eigenvalue weighted by Gasteiger charge is 2.20. The molecule has 0 saturated carbocycles. The maximum absolute atomic E-state index is 12.6. The molecule has 0 aliphatic carbocycles. The summed E-state index contributed by atoms with van der Waals surface area (Å²) in [5, 5.41) is 5.05.